The maximum atomic E-state index is 13.6. The standard InChI is InChI=1S/C24H28N6O2/c25-12-20-21-22(24(31)29(16-27-21)15-19-9-5-11-32-19)30(13-17-6-2-1-3-7-17)23(20)28-10-4-8-18(26)14-28/h1-3,6-7,16,18-19H,4-5,8-11,13-15,26H2/t18-,19?/m0/s1. The number of anilines is 1. The van der Waals surface area contributed by atoms with Gasteiger partial charge >= 0.3 is 0 Å². The molecule has 2 N–H and O–H groups in total. The van der Waals surface area contributed by atoms with Crippen molar-refractivity contribution in [1.82, 2.24) is 14.1 Å². The Balaban J connectivity index is 1.69. The fourth-order valence-corrected chi connectivity index (χ4v) is 4.94. The Hall–Kier alpha value is -3.15. The van der Waals surface area contributed by atoms with Crippen LogP contribution in [-0.4, -0.2) is 46.0 Å². The number of nitrogens with zero attached hydrogens (tertiary/aromatic N) is 5. The lowest BCUT2D eigenvalue weighted by atomic mass is 10.1. The monoisotopic (exact) mass is 432 g/mol. The van der Waals surface area contributed by atoms with E-state index < -0.39 is 0 Å². The number of piperidine rings is 1. The highest BCUT2D eigenvalue weighted by Gasteiger charge is 2.29. The van der Waals surface area contributed by atoms with Gasteiger partial charge in [0.15, 0.2) is 0 Å². The fourth-order valence-electron chi connectivity index (χ4n) is 4.94. The van der Waals surface area contributed by atoms with Crippen LogP contribution in [0.3, 0.4) is 0 Å². The molecule has 0 bridgehead atoms. The van der Waals surface area contributed by atoms with Crippen molar-refractivity contribution in [2.24, 2.45) is 5.73 Å². The molecule has 2 fully saturated rings. The van der Waals surface area contributed by atoms with Crippen LogP contribution in [0.25, 0.3) is 11.0 Å². The molecule has 0 spiro atoms. The minimum Gasteiger partial charge on any atom is -0.376 e. The quantitative estimate of drug-likeness (QED) is 0.663. The van der Waals surface area contributed by atoms with Gasteiger partial charge in [-0.3, -0.25) is 9.36 Å². The van der Waals surface area contributed by atoms with Gasteiger partial charge in [0.1, 0.15) is 28.5 Å². The predicted octanol–water partition coefficient (Wildman–Crippen LogP) is 2.22. The molecule has 166 valence electrons. The molecule has 32 heavy (non-hydrogen) atoms. The number of benzene rings is 1. The van der Waals surface area contributed by atoms with Gasteiger partial charge in [0.2, 0.25) is 0 Å². The van der Waals surface area contributed by atoms with Crippen molar-refractivity contribution in [3.8, 4) is 6.07 Å². The van der Waals surface area contributed by atoms with E-state index in [9.17, 15) is 10.1 Å². The van der Waals surface area contributed by atoms with E-state index >= 15 is 0 Å². The average molecular weight is 433 g/mol. The molecule has 2 aliphatic rings. The number of aromatic nitrogens is 3. The molecule has 2 atom stereocenters. The Labute approximate surface area is 186 Å². The summed E-state index contributed by atoms with van der Waals surface area (Å²) in [6, 6.07) is 12.4. The highest BCUT2D eigenvalue weighted by Crippen LogP contribution is 2.32. The third-order valence-electron chi connectivity index (χ3n) is 6.48. The van der Waals surface area contributed by atoms with E-state index in [2.05, 4.69) is 16.0 Å². The molecule has 1 aromatic carbocycles. The Morgan fingerprint density at radius 3 is 2.78 bits per heavy atom. The molecule has 2 aromatic heterocycles. The van der Waals surface area contributed by atoms with Crippen LogP contribution in [0.1, 0.15) is 36.8 Å². The summed E-state index contributed by atoms with van der Waals surface area (Å²) in [4.78, 5) is 20.4. The van der Waals surface area contributed by atoms with Crippen molar-refractivity contribution in [3.63, 3.8) is 0 Å². The molecule has 0 saturated carbocycles. The molecular weight excluding hydrogens is 404 g/mol. The van der Waals surface area contributed by atoms with Crippen LogP contribution in [-0.2, 0) is 17.8 Å². The maximum absolute atomic E-state index is 13.6. The summed E-state index contributed by atoms with van der Waals surface area (Å²) in [5.74, 6) is 0.751. The van der Waals surface area contributed by atoms with Crippen LogP contribution in [0.2, 0.25) is 0 Å². The van der Waals surface area contributed by atoms with Crippen molar-refractivity contribution in [2.75, 3.05) is 24.6 Å². The molecule has 4 heterocycles. The van der Waals surface area contributed by atoms with E-state index in [1.807, 2.05) is 34.9 Å². The minimum absolute atomic E-state index is 0.0273. The Kier molecular flexibility index (Phi) is 5.68. The minimum atomic E-state index is -0.134. The number of rotatable bonds is 5. The zero-order valence-corrected chi connectivity index (χ0v) is 18.1. The lowest BCUT2D eigenvalue weighted by molar-refractivity contribution is 0.0960. The normalized spacial score (nSPS) is 21.2. The molecular formula is C24H28N6O2. The van der Waals surface area contributed by atoms with Gasteiger partial charge in [0.05, 0.1) is 19.0 Å². The van der Waals surface area contributed by atoms with Crippen molar-refractivity contribution in [3.05, 3.63) is 58.1 Å². The number of ether oxygens (including phenoxy) is 1. The molecule has 8 nitrogen and oxygen atoms in total. The molecule has 3 aromatic rings. The van der Waals surface area contributed by atoms with E-state index in [4.69, 9.17) is 10.5 Å². The van der Waals surface area contributed by atoms with E-state index in [0.29, 0.717) is 36.2 Å². The number of nitriles is 1. The van der Waals surface area contributed by atoms with Crippen LogP contribution in [0.4, 0.5) is 5.82 Å². The van der Waals surface area contributed by atoms with E-state index in [1.165, 1.54) is 0 Å². The second-order valence-electron chi connectivity index (χ2n) is 8.76. The summed E-state index contributed by atoms with van der Waals surface area (Å²) in [5.41, 5.74) is 8.58. The van der Waals surface area contributed by atoms with Gasteiger partial charge in [-0.1, -0.05) is 30.3 Å². The van der Waals surface area contributed by atoms with Gasteiger partial charge in [0, 0.05) is 32.3 Å². The first kappa shape index (κ1) is 20.7. The van der Waals surface area contributed by atoms with Gasteiger partial charge < -0.3 is 19.9 Å². The highest BCUT2D eigenvalue weighted by molar-refractivity contribution is 5.89. The van der Waals surface area contributed by atoms with Crippen LogP contribution in [0, 0.1) is 11.3 Å². The molecule has 0 aliphatic carbocycles. The number of hydrogen-bond acceptors (Lipinski definition) is 6. The largest absolute Gasteiger partial charge is 0.376 e. The van der Waals surface area contributed by atoms with E-state index in [1.54, 1.807) is 10.9 Å². The first-order valence-electron chi connectivity index (χ1n) is 11.3. The summed E-state index contributed by atoms with van der Waals surface area (Å²) in [7, 11) is 0. The topological polar surface area (TPSA) is 102 Å². The average Bonchev–Trinajstić information content (AvgIpc) is 3.42. The lowest BCUT2D eigenvalue weighted by Gasteiger charge is -2.33. The number of hydrogen-bond donors (Lipinski definition) is 1. The van der Waals surface area contributed by atoms with Gasteiger partial charge in [-0.25, -0.2) is 4.98 Å². The summed E-state index contributed by atoms with van der Waals surface area (Å²) in [6.07, 6.45) is 5.46. The molecule has 2 aliphatic heterocycles. The molecule has 2 saturated heterocycles. The smallest absolute Gasteiger partial charge is 0.278 e. The molecule has 1 unspecified atom stereocenters. The third kappa shape index (κ3) is 3.78. The molecule has 0 amide bonds. The van der Waals surface area contributed by atoms with Gasteiger partial charge in [0.25, 0.3) is 5.56 Å². The van der Waals surface area contributed by atoms with E-state index in [-0.39, 0.29) is 17.7 Å². The first-order valence-corrected chi connectivity index (χ1v) is 11.3. The van der Waals surface area contributed by atoms with Crippen molar-refractivity contribution >= 4 is 16.9 Å². The zero-order chi connectivity index (χ0) is 22.1. The molecule has 5 rings (SSSR count). The van der Waals surface area contributed by atoms with Crippen LogP contribution < -0.4 is 16.2 Å². The van der Waals surface area contributed by atoms with Crippen molar-refractivity contribution < 1.29 is 4.74 Å². The highest BCUT2D eigenvalue weighted by atomic mass is 16.5. The summed E-state index contributed by atoms with van der Waals surface area (Å²) >= 11 is 0. The van der Waals surface area contributed by atoms with Gasteiger partial charge in [-0.05, 0) is 31.2 Å². The van der Waals surface area contributed by atoms with Crippen LogP contribution in [0.5, 0.6) is 0 Å². The Bertz CT molecular complexity index is 1200. The third-order valence-corrected chi connectivity index (χ3v) is 6.48. The Morgan fingerprint density at radius 2 is 2.06 bits per heavy atom. The second kappa shape index (κ2) is 8.77. The van der Waals surface area contributed by atoms with Crippen LogP contribution in [0.15, 0.2) is 41.5 Å². The summed E-state index contributed by atoms with van der Waals surface area (Å²) in [6.45, 7) is 3.16. The van der Waals surface area contributed by atoms with Gasteiger partial charge in [-0.15, -0.1) is 0 Å². The zero-order valence-electron chi connectivity index (χ0n) is 18.1. The molecule has 0 radical (unpaired) electrons. The predicted molar refractivity (Wildman–Crippen MR) is 123 cm³/mol. The van der Waals surface area contributed by atoms with Crippen LogP contribution >= 0.6 is 0 Å². The summed E-state index contributed by atoms with van der Waals surface area (Å²) < 4.78 is 9.34. The summed E-state index contributed by atoms with van der Waals surface area (Å²) in [5, 5.41) is 10.1. The van der Waals surface area contributed by atoms with Crippen molar-refractivity contribution in [1.29, 1.82) is 5.26 Å². The van der Waals surface area contributed by atoms with E-state index in [0.717, 1.165) is 50.2 Å². The number of fused-ring (bicyclic) bond motifs is 1. The maximum Gasteiger partial charge on any atom is 0.278 e. The lowest BCUT2D eigenvalue weighted by Crippen LogP contribution is -2.44. The first-order chi connectivity index (χ1) is 15.7. The number of nitrogens with two attached hydrogens (primary N) is 1. The fraction of sp³-hybridized carbons (Fsp3) is 0.458. The SMILES string of the molecule is N#Cc1c(N2CCC[C@H](N)C2)n(Cc2ccccc2)c2c(=O)n(CC3CCCO3)cnc12. The van der Waals surface area contributed by atoms with Gasteiger partial charge in [-0.2, -0.15) is 5.26 Å². The Morgan fingerprint density at radius 1 is 1.22 bits per heavy atom. The second-order valence-corrected chi connectivity index (χ2v) is 8.76. The van der Waals surface area contributed by atoms with Crippen molar-refractivity contribution in [2.45, 2.75) is 50.9 Å². The molecule has 8 heteroatoms.